The van der Waals surface area contributed by atoms with Gasteiger partial charge in [-0.1, -0.05) is 24.3 Å². The van der Waals surface area contributed by atoms with Crippen molar-refractivity contribution in [2.45, 2.75) is 0 Å². The lowest BCUT2D eigenvalue weighted by Gasteiger charge is -2.08. The fourth-order valence-corrected chi connectivity index (χ4v) is 1.70. The first kappa shape index (κ1) is 13.1. The third kappa shape index (κ3) is 3.82. The summed E-state index contributed by atoms with van der Waals surface area (Å²) in [6, 6.07) is 16.4. The number of carbonyl (C=O) groups is 1. The van der Waals surface area contributed by atoms with Gasteiger partial charge in [-0.05, 0) is 30.3 Å². The molecule has 0 aliphatic rings. The maximum Gasteiger partial charge on any atom is 0.255 e. The Hall–Kier alpha value is -2.33. The van der Waals surface area contributed by atoms with Crippen LogP contribution in [0.2, 0.25) is 0 Å². The molecule has 2 aromatic carbocycles. The molecule has 0 bridgehead atoms. The fraction of sp³-hybridized carbons (Fsp3) is 0.133. The molecule has 0 spiro atoms. The van der Waals surface area contributed by atoms with E-state index in [0.717, 1.165) is 11.4 Å². The molecule has 98 valence electrons. The molecule has 0 aromatic heterocycles. The van der Waals surface area contributed by atoms with Crippen molar-refractivity contribution in [1.82, 2.24) is 0 Å². The molecule has 2 rings (SSSR count). The van der Waals surface area contributed by atoms with E-state index in [1.54, 1.807) is 12.1 Å². The summed E-state index contributed by atoms with van der Waals surface area (Å²) in [6.45, 7) is 0.552. The van der Waals surface area contributed by atoms with Gasteiger partial charge in [-0.3, -0.25) is 4.79 Å². The van der Waals surface area contributed by atoms with Gasteiger partial charge in [0.05, 0.1) is 6.61 Å². The van der Waals surface area contributed by atoms with E-state index < -0.39 is 0 Å². The fourth-order valence-electron chi connectivity index (χ4n) is 1.70. The number of anilines is 2. The summed E-state index contributed by atoms with van der Waals surface area (Å²) in [5, 5.41) is 14.6. The molecule has 0 atom stereocenters. The van der Waals surface area contributed by atoms with Gasteiger partial charge in [-0.15, -0.1) is 0 Å². The SMILES string of the molecule is O=C(Nc1cccc(NCCO)c1)c1ccccc1. The van der Waals surface area contributed by atoms with Crippen LogP contribution in [0.15, 0.2) is 54.6 Å². The van der Waals surface area contributed by atoms with Crippen LogP contribution >= 0.6 is 0 Å². The van der Waals surface area contributed by atoms with E-state index in [2.05, 4.69) is 10.6 Å². The number of carbonyl (C=O) groups excluding carboxylic acids is 1. The molecular formula is C15H16N2O2. The third-order valence-electron chi connectivity index (χ3n) is 2.60. The lowest BCUT2D eigenvalue weighted by molar-refractivity contribution is 0.102. The second-order valence-corrected chi connectivity index (χ2v) is 4.05. The summed E-state index contributed by atoms with van der Waals surface area (Å²) in [4.78, 5) is 12.0. The van der Waals surface area contributed by atoms with Crippen molar-refractivity contribution in [2.24, 2.45) is 0 Å². The number of nitrogens with one attached hydrogen (secondary N) is 2. The van der Waals surface area contributed by atoms with Crippen molar-refractivity contribution in [3.63, 3.8) is 0 Å². The summed E-state index contributed by atoms with van der Waals surface area (Å²) >= 11 is 0. The molecule has 4 heteroatoms. The van der Waals surface area contributed by atoms with Crippen LogP contribution in [0.25, 0.3) is 0 Å². The van der Waals surface area contributed by atoms with Crippen LogP contribution in [0.5, 0.6) is 0 Å². The highest BCUT2D eigenvalue weighted by molar-refractivity contribution is 6.04. The number of aliphatic hydroxyl groups is 1. The van der Waals surface area contributed by atoms with Crippen molar-refractivity contribution in [3.8, 4) is 0 Å². The monoisotopic (exact) mass is 256 g/mol. The van der Waals surface area contributed by atoms with Gasteiger partial charge in [-0.2, -0.15) is 0 Å². The van der Waals surface area contributed by atoms with Gasteiger partial charge in [0.1, 0.15) is 0 Å². The highest BCUT2D eigenvalue weighted by Gasteiger charge is 2.05. The number of aliphatic hydroxyl groups excluding tert-OH is 1. The Kier molecular flexibility index (Phi) is 4.53. The standard InChI is InChI=1S/C15H16N2O2/c18-10-9-16-13-7-4-8-14(11-13)17-15(19)12-5-2-1-3-6-12/h1-8,11,16,18H,9-10H2,(H,17,19). The molecule has 0 aliphatic carbocycles. The van der Waals surface area contributed by atoms with Crippen LogP contribution in [0.4, 0.5) is 11.4 Å². The van der Waals surface area contributed by atoms with Gasteiger partial charge < -0.3 is 15.7 Å². The number of hydrogen-bond acceptors (Lipinski definition) is 3. The lowest BCUT2D eigenvalue weighted by Crippen LogP contribution is -2.12. The topological polar surface area (TPSA) is 61.4 Å². The molecular weight excluding hydrogens is 240 g/mol. The molecule has 2 aromatic rings. The quantitative estimate of drug-likeness (QED) is 0.769. The number of amides is 1. The van der Waals surface area contributed by atoms with Crippen molar-refractivity contribution in [1.29, 1.82) is 0 Å². The molecule has 0 aliphatic heterocycles. The number of hydrogen-bond donors (Lipinski definition) is 3. The minimum atomic E-state index is -0.139. The molecule has 0 heterocycles. The minimum absolute atomic E-state index is 0.0700. The molecule has 1 amide bonds. The van der Waals surface area contributed by atoms with Crippen LogP contribution in [0.3, 0.4) is 0 Å². The highest BCUT2D eigenvalue weighted by atomic mass is 16.3. The van der Waals surface area contributed by atoms with E-state index in [9.17, 15) is 4.79 Å². The smallest absolute Gasteiger partial charge is 0.255 e. The van der Waals surface area contributed by atoms with E-state index in [4.69, 9.17) is 5.11 Å². The van der Waals surface area contributed by atoms with E-state index in [-0.39, 0.29) is 12.5 Å². The average molecular weight is 256 g/mol. The number of rotatable bonds is 5. The van der Waals surface area contributed by atoms with Crippen LogP contribution in [0, 0.1) is 0 Å². The summed E-state index contributed by atoms with van der Waals surface area (Å²) < 4.78 is 0. The van der Waals surface area contributed by atoms with Gasteiger partial charge in [0.15, 0.2) is 0 Å². The van der Waals surface area contributed by atoms with Crippen molar-refractivity contribution in [3.05, 3.63) is 60.2 Å². The van der Waals surface area contributed by atoms with Gasteiger partial charge in [0.2, 0.25) is 0 Å². The molecule has 19 heavy (non-hydrogen) atoms. The Bertz CT molecular complexity index is 541. The first-order valence-electron chi connectivity index (χ1n) is 6.11. The summed E-state index contributed by atoms with van der Waals surface area (Å²) in [5.74, 6) is -0.139. The van der Waals surface area contributed by atoms with Gasteiger partial charge in [0, 0.05) is 23.5 Å². The predicted molar refractivity (Wildman–Crippen MR) is 76.4 cm³/mol. The van der Waals surface area contributed by atoms with Crippen LogP contribution in [0.1, 0.15) is 10.4 Å². The Balaban J connectivity index is 2.05. The molecule has 0 fully saturated rings. The Morgan fingerprint density at radius 3 is 2.47 bits per heavy atom. The van der Waals surface area contributed by atoms with E-state index >= 15 is 0 Å². The normalized spacial score (nSPS) is 9.95. The zero-order valence-corrected chi connectivity index (χ0v) is 10.5. The van der Waals surface area contributed by atoms with E-state index in [1.165, 1.54) is 0 Å². The number of benzene rings is 2. The molecule has 3 N–H and O–H groups in total. The van der Waals surface area contributed by atoms with Crippen LogP contribution in [-0.4, -0.2) is 24.2 Å². The van der Waals surface area contributed by atoms with Gasteiger partial charge in [0.25, 0.3) is 5.91 Å². The molecule has 0 saturated carbocycles. The summed E-state index contributed by atoms with van der Waals surface area (Å²) in [5.41, 5.74) is 2.20. The van der Waals surface area contributed by atoms with Crippen LogP contribution < -0.4 is 10.6 Å². The van der Waals surface area contributed by atoms with E-state index in [0.29, 0.717) is 12.1 Å². The van der Waals surface area contributed by atoms with Crippen molar-refractivity contribution < 1.29 is 9.90 Å². The average Bonchev–Trinajstić information content (AvgIpc) is 2.46. The second kappa shape index (κ2) is 6.56. The van der Waals surface area contributed by atoms with Crippen molar-refractivity contribution >= 4 is 17.3 Å². The summed E-state index contributed by atoms with van der Waals surface area (Å²) in [6.07, 6.45) is 0. The zero-order valence-electron chi connectivity index (χ0n) is 10.5. The van der Waals surface area contributed by atoms with E-state index in [1.807, 2.05) is 42.5 Å². The first-order chi connectivity index (χ1) is 9.29. The summed E-state index contributed by atoms with van der Waals surface area (Å²) in [7, 11) is 0. The van der Waals surface area contributed by atoms with Crippen molar-refractivity contribution in [2.75, 3.05) is 23.8 Å². The maximum atomic E-state index is 12.0. The molecule has 0 radical (unpaired) electrons. The third-order valence-corrected chi connectivity index (χ3v) is 2.60. The molecule has 4 nitrogen and oxygen atoms in total. The second-order valence-electron chi connectivity index (χ2n) is 4.05. The largest absolute Gasteiger partial charge is 0.395 e. The molecule has 0 saturated heterocycles. The first-order valence-corrected chi connectivity index (χ1v) is 6.11. The van der Waals surface area contributed by atoms with Gasteiger partial charge >= 0.3 is 0 Å². The predicted octanol–water partition coefficient (Wildman–Crippen LogP) is 2.34. The Labute approximate surface area is 112 Å². The van der Waals surface area contributed by atoms with Crippen LogP contribution in [-0.2, 0) is 0 Å². The Morgan fingerprint density at radius 1 is 1.00 bits per heavy atom. The zero-order chi connectivity index (χ0) is 13.5. The van der Waals surface area contributed by atoms with Gasteiger partial charge in [-0.25, -0.2) is 0 Å². The lowest BCUT2D eigenvalue weighted by atomic mass is 10.2. The molecule has 0 unspecified atom stereocenters. The Morgan fingerprint density at radius 2 is 1.74 bits per heavy atom. The maximum absolute atomic E-state index is 12.0. The minimum Gasteiger partial charge on any atom is -0.395 e. The highest BCUT2D eigenvalue weighted by Crippen LogP contribution is 2.15.